The second kappa shape index (κ2) is 16.0. The molecule has 5 heteroatoms. The van der Waals surface area contributed by atoms with E-state index in [0.717, 1.165) is 6.92 Å². The fraction of sp³-hybridized carbons (Fsp3) is 0.500. The van der Waals surface area contributed by atoms with Gasteiger partial charge in [0.25, 0.3) is 0 Å². The first kappa shape index (κ1) is 25.6. The van der Waals surface area contributed by atoms with Gasteiger partial charge in [0.05, 0.1) is 0 Å². The van der Waals surface area contributed by atoms with E-state index < -0.39 is 5.97 Å². The number of hydrogen-bond donors (Lipinski definition) is 0. The van der Waals surface area contributed by atoms with Crippen LogP contribution in [-0.2, 0) is 46.8 Å². The molecule has 0 saturated carbocycles. The minimum absolute atomic E-state index is 0. The normalized spacial score (nSPS) is 3.57. The minimum Gasteiger partial charge on any atom is -2.00 e. The third-order valence-corrected chi connectivity index (χ3v) is 0. The van der Waals surface area contributed by atoms with Gasteiger partial charge in [0.1, 0.15) is 0 Å². The molecule has 0 amide bonds. The largest absolute Gasteiger partial charge is 2.00 e. The summed E-state index contributed by atoms with van der Waals surface area (Å²) in [6.07, 6.45) is 0. The second-order valence-corrected chi connectivity index (χ2v) is 0.492. The van der Waals surface area contributed by atoms with Crippen molar-refractivity contribution in [2.75, 3.05) is 0 Å². The van der Waals surface area contributed by atoms with E-state index in [4.69, 9.17) is 9.90 Å². The molecular formula is C2H3FeO3Zn+. The first-order chi connectivity index (χ1) is 1.73. The molecule has 0 fully saturated rings. The maximum atomic E-state index is 8.89. The maximum Gasteiger partial charge on any atom is 2.00 e. The van der Waals surface area contributed by atoms with Gasteiger partial charge in [-0.25, -0.2) is 0 Å². The quantitative estimate of drug-likeness (QED) is 0.449. The van der Waals surface area contributed by atoms with Crippen LogP contribution in [0.2, 0.25) is 0 Å². The van der Waals surface area contributed by atoms with Gasteiger partial charge in [-0.1, -0.05) is 0 Å². The molecule has 0 N–H and O–H groups in total. The van der Waals surface area contributed by atoms with Crippen molar-refractivity contribution in [2.24, 2.45) is 0 Å². The summed E-state index contributed by atoms with van der Waals surface area (Å²) in [5, 5.41) is 8.89. The Kier molecular flexibility index (Phi) is 58.5. The number of carboxylic acids is 1. The molecule has 0 atom stereocenters. The molecule has 0 aliphatic carbocycles. The molecule has 0 radical (unpaired) electrons. The van der Waals surface area contributed by atoms with Crippen molar-refractivity contribution in [1.29, 1.82) is 0 Å². The van der Waals surface area contributed by atoms with Crippen LogP contribution in [0.5, 0.6) is 0 Å². The number of aliphatic carboxylic acids is 1. The standard InChI is InChI=1S/C2H4O2.Fe.O.Zn/c1-2(3)4;;;/h1H3,(H,3,4);;;/q;+2;-2;+2/p-1. The molecule has 0 heterocycles. The number of hydrogen-bond acceptors (Lipinski definition) is 2. The Morgan fingerprint density at radius 1 is 1.57 bits per heavy atom. The average Bonchev–Trinajstić information content (AvgIpc) is 0.811. The van der Waals surface area contributed by atoms with Crippen LogP contribution in [-0.4, -0.2) is 5.97 Å². The molecule has 0 unspecified atom stereocenters. The van der Waals surface area contributed by atoms with Crippen molar-refractivity contribution >= 4 is 5.97 Å². The first-order valence-electron chi connectivity index (χ1n) is 0.908. The van der Waals surface area contributed by atoms with Crippen molar-refractivity contribution in [1.82, 2.24) is 0 Å². The fourth-order valence-corrected chi connectivity index (χ4v) is 0. The van der Waals surface area contributed by atoms with Crippen molar-refractivity contribution in [3.63, 3.8) is 0 Å². The van der Waals surface area contributed by atoms with Crippen LogP contribution >= 0.6 is 0 Å². The Bertz CT molecular complexity index is 35.9. The van der Waals surface area contributed by atoms with Crippen molar-refractivity contribution in [3.05, 3.63) is 0 Å². The Hall–Kier alpha value is 0.573. The maximum absolute atomic E-state index is 8.89. The Morgan fingerprint density at radius 3 is 1.57 bits per heavy atom. The van der Waals surface area contributed by atoms with E-state index >= 15 is 0 Å². The predicted octanol–water partition coefficient (Wildman–Crippen LogP) is -1.37. The molecule has 0 aliphatic rings. The van der Waals surface area contributed by atoms with E-state index in [-0.39, 0.29) is 42.0 Å². The zero-order valence-corrected chi connectivity index (χ0v) is 7.86. The van der Waals surface area contributed by atoms with E-state index in [0.29, 0.717) is 0 Å². The van der Waals surface area contributed by atoms with Crippen LogP contribution in [0.25, 0.3) is 0 Å². The molecule has 0 saturated heterocycles. The molecule has 0 spiro atoms. The molecule has 0 aromatic rings. The summed E-state index contributed by atoms with van der Waals surface area (Å²) in [4.78, 5) is 8.89. The monoisotopic (exact) mass is 195 g/mol. The van der Waals surface area contributed by atoms with E-state index in [1.165, 1.54) is 0 Å². The topological polar surface area (TPSA) is 68.6 Å². The average molecular weight is 196 g/mol. The predicted molar refractivity (Wildman–Crippen MR) is 11.4 cm³/mol. The SMILES string of the molecule is CC(=O)[O-].[Fe+2].[O-2].[Zn+2]. The van der Waals surface area contributed by atoms with Gasteiger partial charge >= 0.3 is 36.5 Å². The Morgan fingerprint density at radius 2 is 1.57 bits per heavy atom. The molecule has 0 aromatic carbocycles. The van der Waals surface area contributed by atoms with Crippen LogP contribution < -0.4 is 5.11 Å². The third-order valence-electron chi connectivity index (χ3n) is 0. The van der Waals surface area contributed by atoms with Crippen LogP contribution in [0.4, 0.5) is 0 Å². The van der Waals surface area contributed by atoms with Crippen LogP contribution in [0.1, 0.15) is 6.92 Å². The summed E-state index contributed by atoms with van der Waals surface area (Å²) in [6.45, 7) is 0.972. The molecule has 0 bridgehead atoms. The van der Waals surface area contributed by atoms with Gasteiger partial charge in [-0.05, 0) is 6.92 Å². The van der Waals surface area contributed by atoms with Crippen molar-refractivity contribution in [2.45, 2.75) is 6.92 Å². The summed E-state index contributed by atoms with van der Waals surface area (Å²) >= 11 is 0. The van der Waals surface area contributed by atoms with Crippen molar-refractivity contribution in [3.8, 4) is 0 Å². The zero-order valence-electron chi connectivity index (χ0n) is 3.79. The summed E-state index contributed by atoms with van der Waals surface area (Å²) in [6, 6.07) is 0. The summed E-state index contributed by atoms with van der Waals surface area (Å²) in [7, 11) is 0. The molecule has 3 nitrogen and oxygen atoms in total. The number of rotatable bonds is 0. The summed E-state index contributed by atoms with van der Waals surface area (Å²) < 4.78 is 0. The molecule has 0 aromatic heterocycles. The fourth-order valence-electron chi connectivity index (χ4n) is 0. The van der Waals surface area contributed by atoms with Crippen LogP contribution in [0.3, 0.4) is 0 Å². The van der Waals surface area contributed by atoms with E-state index in [9.17, 15) is 0 Å². The van der Waals surface area contributed by atoms with Gasteiger partial charge in [0.15, 0.2) is 0 Å². The minimum atomic E-state index is -1.08. The summed E-state index contributed by atoms with van der Waals surface area (Å²) in [5.74, 6) is -1.08. The molecule has 0 rings (SSSR count). The van der Waals surface area contributed by atoms with E-state index in [1.807, 2.05) is 0 Å². The number of carbonyl (C=O) groups excluding carboxylic acids is 1. The molecule has 38 valence electrons. The summed E-state index contributed by atoms with van der Waals surface area (Å²) in [5.41, 5.74) is 0. The van der Waals surface area contributed by atoms with Gasteiger partial charge in [0, 0.05) is 5.97 Å². The Balaban J connectivity index is -0.0000000150. The van der Waals surface area contributed by atoms with Gasteiger partial charge in [-0.15, -0.1) is 0 Å². The molecular weight excluding hydrogens is 193 g/mol. The van der Waals surface area contributed by atoms with E-state index in [1.54, 1.807) is 0 Å². The third kappa shape index (κ3) is 419. The van der Waals surface area contributed by atoms with Gasteiger partial charge in [-0.3, -0.25) is 0 Å². The number of carboxylic acid groups (broad SMARTS) is 1. The van der Waals surface area contributed by atoms with Gasteiger partial charge < -0.3 is 15.4 Å². The number of carbonyl (C=O) groups is 1. The van der Waals surface area contributed by atoms with Crippen LogP contribution in [0.15, 0.2) is 0 Å². The molecule has 0 aliphatic heterocycles. The van der Waals surface area contributed by atoms with E-state index in [2.05, 4.69) is 0 Å². The van der Waals surface area contributed by atoms with Gasteiger partial charge in [0.2, 0.25) is 0 Å². The Labute approximate surface area is 65.0 Å². The zero-order chi connectivity index (χ0) is 3.58. The van der Waals surface area contributed by atoms with Gasteiger partial charge in [-0.2, -0.15) is 0 Å². The van der Waals surface area contributed by atoms with Crippen molar-refractivity contribution < 1.29 is 51.9 Å². The second-order valence-electron chi connectivity index (χ2n) is 0.492. The molecule has 7 heavy (non-hydrogen) atoms. The van der Waals surface area contributed by atoms with Crippen LogP contribution in [0, 0.1) is 0 Å². The first-order valence-corrected chi connectivity index (χ1v) is 0.908. The smallest absolute Gasteiger partial charge is 2.00 e.